The number of aliphatic hydroxyl groups excluding tert-OH is 1. The number of aliphatic hydroxyl groups is 1. The summed E-state index contributed by atoms with van der Waals surface area (Å²) in [7, 11) is -2.04. The van der Waals surface area contributed by atoms with Crippen molar-refractivity contribution >= 4 is 21.6 Å². The molecular weight excluding hydrogens is 652 g/mol. The van der Waals surface area contributed by atoms with Gasteiger partial charge in [0.25, 0.3) is 15.9 Å². The molecule has 0 bridgehead atoms. The van der Waals surface area contributed by atoms with Crippen LogP contribution in [0, 0.1) is 19.8 Å². The normalized spacial score (nSPS) is 21.2. The highest BCUT2D eigenvalue weighted by molar-refractivity contribution is 7.92. The Morgan fingerprint density at radius 3 is 2.57 bits per heavy atom. The topological polar surface area (TPSA) is 153 Å². The SMILES string of the molecule is Cc1noc(C)c1S(=O)(=O)Nc1ccc2c(c1)C(=O)N([C@H](C)CO)C[C@@H](C)[C@@H](CN(C)Cc1ccc3c(c1)OCO3)OCCCC[C@@H](C)O2. The van der Waals surface area contributed by atoms with Crippen LogP contribution < -0.4 is 18.9 Å². The maximum Gasteiger partial charge on any atom is 0.267 e. The molecule has 2 aromatic carbocycles. The Morgan fingerprint density at radius 2 is 1.84 bits per heavy atom. The minimum Gasteiger partial charge on any atom is -0.490 e. The molecule has 5 rings (SSSR count). The molecule has 0 fully saturated rings. The zero-order chi connectivity index (χ0) is 35.3. The summed E-state index contributed by atoms with van der Waals surface area (Å²) >= 11 is 0. The summed E-state index contributed by atoms with van der Waals surface area (Å²) < 4.78 is 58.1. The lowest BCUT2D eigenvalue weighted by molar-refractivity contribution is -0.0177. The minimum absolute atomic E-state index is 0.0531. The monoisotopic (exact) mass is 700 g/mol. The Morgan fingerprint density at radius 1 is 1.08 bits per heavy atom. The molecule has 1 amide bonds. The lowest BCUT2D eigenvalue weighted by atomic mass is 10.0. The number of carbonyl (C=O) groups excluding carboxylic acids is 1. The highest BCUT2D eigenvalue weighted by Gasteiger charge is 2.31. The van der Waals surface area contributed by atoms with Crippen molar-refractivity contribution in [3.8, 4) is 17.2 Å². The van der Waals surface area contributed by atoms with E-state index in [0.717, 1.165) is 36.3 Å². The van der Waals surface area contributed by atoms with Crippen molar-refractivity contribution in [1.82, 2.24) is 15.0 Å². The van der Waals surface area contributed by atoms with Gasteiger partial charge in [0.05, 0.1) is 30.4 Å². The number of nitrogens with zero attached hydrogens (tertiary/aromatic N) is 3. The number of aromatic nitrogens is 1. The molecule has 0 saturated carbocycles. The predicted molar refractivity (Wildman–Crippen MR) is 183 cm³/mol. The highest BCUT2D eigenvalue weighted by Crippen LogP contribution is 2.33. The van der Waals surface area contributed by atoms with Crippen LogP contribution in [0.2, 0.25) is 0 Å². The number of ether oxygens (including phenoxy) is 4. The molecule has 4 atom stereocenters. The summed E-state index contributed by atoms with van der Waals surface area (Å²) in [5, 5.41) is 14.0. The smallest absolute Gasteiger partial charge is 0.267 e. The molecule has 0 spiro atoms. The van der Waals surface area contributed by atoms with Gasteiger partial charge >= 0.3 is 0 Å². The third kappa shape index (κ3) is 8.85. The Labute approximate surface area is 288 Å². The summed E-state index contributed by atoms with van der Waals surface area (Å²) in [5.41, 5.74) is 1.68. The molecule has 0 aliphatic carbocycles. The van der Waals surface area contributed by atoms with Gasteiger partial charge in [-0.25, -0.2) is 8.42 Å². The summed E-state index contributed by atoms with van der Waals surface area (Å²) in [6, 6.07) is 10.1. The van der Waals surface area contributed by atoms with Gasteiger partial charge in [0, 0.05) is 37.8 Å². The Bertz CT molecular complexity index is 1690. The van der Waals surface area contributed by atoms with Gasteiger partial charge in [-0.3, -0.25) is 14.4 Å². The van der Waals surface area contributed by atoms with Crippen LogP contribution in [0.1, 0.15) is 67.4 Å². The summed E-state index contributed by atoms with van der Waals surface area (Å²) in [5.74, 6) is 1.46. The second-order valence-electron chi connectivity index (χ2n) is 13.2. The number of sulfonamides is 1. The van der Waals surface area contributed by atoms with Crippen molar-refractivity contribution in [2.45, 2.75) is 83.6 Å². The van der Waals surface area contributed by atoms with Crippen molar-refractivity contribution in [1.29, 1.82) is 0 Å². The van der Waals surface area contributed by atoms with Gasteiger partial charge in [0.2, 0.25) is 6.79 Å². The maximum atomic E-state index is 14.4. The third-order valence-corrected chi connectivity index (χ3v) is 10.5. The van der Waals surface area contributed by atoms with Crippen LogP contribution >= 0.6 is 0 Å². The van der Waals surface area contributed by atoms with Crippen molar-refractivity contribution in [2.75, 3.05) is 44.9 Å². The molecule has 268 valence electrons. The number of hydrogen-bond donors (Lipinski definition) is 2. The van der Waals surface area contributed by atoms with Crippen LogP contribution in [0.4, 0.5) is 5.69 Å². The quantitative estimate of drug-likeness (QED) is 0.318. The molecule has 0 saturated heterocycles. The first-order valence-corrected chi connectivity index (χ1v) is 18.2. The molecule has 2 aliphatic rings. The molecule has 0 radical (unpaired) electrons. The zero-order valence-corrected chi connectivity index (χ0v) is 29.9. The van der Waals surface area contributed by atoms with Gasteiger partial charge in [-0.1, -0.05) is 18.1 Å². The van der Waals surface area contributed by atoms with Gasteiger partial charge in [0.15, 0.2) is 22.2 Å². The maximum absolute atomic E-state index is 14.4. The first-order valence-electron chi connectivity index (χ1n) is 16.7. The molecule has 49 heavy (non-hydrogen) atoms. The Hall–Kier alpha value is -3.85. The highest BCUT2D eigenvalue weighted by atomic mass is 32.2. The number of anilines is 1. The molecule has 13 nitrogen and oxygen atoms in total. The second kappa shape index (κ2) is 15.8. The average Bonchev–Trinajstić information content (AvgIpc) is 3.67. The van der Waals surface area contributed by atoms with E-state index in [1.165, 1.54) is 13.0 Å². The average molecular weight is 701 g/mol. The van der Waals surface area contributed by atoms with Gasteiger partial charge in [-0.05, 0) is 89.9 Å². The number of aryl methyl sites for hydroxylation is 2. The fourth-order valence-corrected chi connectivity index (χ4v) is 7.62. The van der Waals surface area contributed by atoms with Gasteiger partial charge in [0.1, 0.15) is 11.4 Å². The number of benzene rings is 2. The fraction of sp³-hybridized carbons (Fsp3) is 0.543. The molecule has 1 aromatic heterocycles. The van der Waals surface area contributed by atoms with Crippen LogP contribution in [-0.2, 0) is 21.3 Å². The van der Waals surface area contributed by atoms with E-state index in [-0.39, 0.29) is 65.7 Å². The summed E-state index contributed by atoms with van der Waals surface area (Å²) in [4.78, 5) is 18.2. The van der Waals surface area contributed by atoms with Crippen molar-refractivity contribution < 1.29 is 41.8 Å². The lowest BCUT2D eigenvalue weighted by Gasteiger charge is -2.36. The van der Waals surface area contributed by atoms with Crippen LogP contribution in [0.25, 0.3) is 0 Å². The van der Waals surface area contributed by atoms with Crippen LogP contribution in [-0.4, -0.2) is 92.8 Å². The molecular formula is C35H48N4O9S. The van der Waals surface area contributed by atoms with E-state index in [2.05, 4.69) is 14.8 Å². The van der Waals surface area contributed by atoms with Gasteiger partial charge < -0.3 is 33.5 Å². The van der Waals surface area contributed by atoms with E-state index in [1.807, 2.05) is 39.1 Å². The van der Waals surface area contributed by atoms with Crippen molar-refractivity contribution in [2.24, 2.45) is 5.92 Å². The first kappa shape index (κ1) is 36.4. The lowest BCUT2D eigenvalue weighted by Crippen LogP contribution is -2.47. The summed E-state index contributed by atoms with van der Waals surface area (Å²) in [6.45, 7) is 10.9. The number of rotatable bonds is 9. The first-order chi connectivity index (χ1) is 23.4. The van der Waals surface area contributed by atoms with E-state index < -0.39 is 22.0 Å². The number of nitrogens with one attached hydrogen (secondary N) is 1. The van der Waals surface area contributed by atoms with Crippen LogP contribution in [0.3, 0.4) is 0 Å². The van der Waals surface area contributed by atoms with Gasteiger partial charge in [-0.2, -0.15) is 0 Å². The number of carbonyl (C=O) groups is 1. The van der Waals surface area contributed by atoms with E-state index in [9.17, 15) is 18.3 Å². The summed E-state index contributed by atoms with van der Waals surface area (Å²) in [6.07, 6.45) is 2.00. The van der Waals surface area contributed by atoms with E-state index in [1.54, 1.807) is 30.9 Å². The second-order valence-corrected chi connectivity index (χ2v) is 14.8. The van der Waals surface area contributed by atoms with E-state index in [0.29, 0.717) is 25.4 Å². The fourth-order valence-electron chi connectivity index (χ4n) is 6.24. The molecule has 0 unspecified atom stereocenters. The van der Waals surface area contributed by atoms with E-state index >= 15 is 0 Å². The molecule has 3 aromatic rings. The van der Waals surface area contributed by atoms with Crippen molar-refractivity contribution in [3.05, 3.63) is 59.0 Å². The standard InChI is InChI=1S/C35H48N4O9S/c1-22-17-39(23(2)20-40)35(41)29-16-28(37-49(42,43)34-25(4)36-48-26(34)5)11-13-30(29)47-24(3)9-7-8-14-44-33(22)19-38(6)18-27-10-12-31-32(15-27)46-21-45-31/h10-13,15-16,22-24,33,37,40H,7-9,14,17-21H2,1-6H3/t22-,23-,24-,33-/m1/s1. The third-order valence-electron chi connectivity index (χ3n) is 8.92. The largest absolute Gasteiger partial charge is 0.490 e. The van der Waals surface area contributed by atoms with Gasteiger partial charge in [-0.15, -0.1) is 0 Å². The minimum atomic E-state index is -4.07. The predicted octanol–water partition coefficient (Wildman–Crippen LogP) is 4.75. The number of amides is 1. The zero-order valence-electron chi connectivity index (χ0n) is 29.1. The van der Waals surface area contributed by atoms with Crippen LogP contribution in [0.5, 0.6) is 17.2 Å². The Balaban J connectivity index is 1.41. The molecule has 14 heteroatoms. The van der Waals surface area contributed by atoms with E-state index in [4.69, 9.17) is 23.5 Å². The molecule has 2 aliphatic heterocycles. The Kier molecular flexibility index (Phi) is 11.7. The van der Waals surface area contributed by atoms with Crippen LogP contribution in [0.15, 0.2) is 45.8 Å². The van der Waals surface area contributed by atoms with Crippen molar-refractivity contribution in [3.63, 3.8) is 0 Å². The number of hydrogen-bond acceptors (Lipinski definition) is 11. The molecule has 2 N–H and O–H groups in total. The number of likely N-dealkylation sites (N-methyl/N-ethyl adjacent to an activating group) is 1. The number of fused-ring (bicyclic) bond motifs is 2. The molecule has 3 heterocycles.